The van der Waals surface area contributed by atoms with Gasteiger partial charge in [0.25, 0.3) is 0 Å². The lowest BCUT2D eigenvalue weighted by atomic mass is 10.1. The first kappa shape index (κ1) is 20.2. The monoisotopic (exact) mass is 368 g/mol. The van der Waals surface area contributed by atoms with E-state index < -0.39 is 5.82 Å². The maximum absolute atomic E-state index is 14.0. The second-order valence-corrected chi connectivity index (χ2v) is 6.09. The van der Waals surface area contributed by atoms with Crippen molar-refractivity contribution in [1.29, 1.82) is 5.26 Å². The standard InChI is InChI=1S/C21H25FN4O/c1-4-24-21(26-14-18-8-7-17(13-23)11-19(18)22)25-10-9-16-6-5-15(2)20(12-16)27-3/h5-8,11-12H,4,9-10,14H2,1-3H3,(H2,24,25,26). The van der Waals surface area contributed by atoms with E-state index in [0.717, 1.165) is 17.7 Å². The molecule has 5 nitrogen and oxygen atoms in total. The highest BCUT2D eigenvalue weighted by molar-refractivity contribution is 5.79. The molecule has 0 atom stereocenters. The number of aliphatic imine (C=N–C) groups is 1. The van der Waals surface area contributed by atoms with Crippen LogP contribution < -0.4 is 15.4 Å². The van der Waals surface area contributed by atoms with Crippen molar-refractivity contribution in [3.63, 3.8) is 0 Å². The molecule has 0 radical (unpaired) electrons. The summed E-state index contributed by atoms with van der Waals surface area (Å²) in [5.74, 6) is 1.09. The topological polar surface area (TPSA) is 69.4 Å². The molecule has 0 saturated carbocycles. The van der Waals surface area contributed by atoms with E-state index in [9.17, 15) is 4.39 Å². The van der Waals surface area contributed by atoms with Crippen LogP contribution in [0.5, 0.6) is 5.75 Å². The summed E-state index contributed by atoms with van der Waals surface area (Å²) in [5, 5.41) is 15.2. The molecule has 0 spiro atoms. The van der Waals surface area contributed by atoms with Gasteiger partial charge >= 0.3 is 0 Å². The van der Waals surface area contributed by atoms with E-state index in [-0.39, 0.29) is 6.54 Å². The summed E-state index contributed by atoms with van der Waals surface area (Å²) < 4.78 is 19.3. The number of halogens is 1. The lowest BCUT2D eigenvalue weighted by molar-refractivity contribution is 0.411. The summed E-state index contributed by atoms with van der Waals surface area (Å²) >= 11 is 0. The first-order valence-corrected chi connectivity index (χ1v) is 8.91. The van der Waals surface area contributed by atoms with Crippen LogP contribution in [0.4, 0.5) is 4.39 Å². The minimum atomic E-state index is -0.416. The highest BCUT2D eigenvalue weighted by atomic mass is 19.1. The fourth-order valence-electron chi connectivity index (χ4n) is 2.60. The van der Waals surface area contributed by atoms with Gasteiger partial charge in [0.2, 0.25) is 0 Å². The number of ether oxygens (including phenoxy) is 1. The molecule has 2 rings (SSSR count). The average Bonchev–Trinajstić information content (AvgIpc) is 2.68. The molecule has 0 bridgehead atoms. The lowest BCUT2D eigenvalue weighted by Crippen LogP contribution is -2.38. The molecular formula is C21H25FN4O. The number of hydrogen-bond acceptors (Lipinski definition) is 3. The summed E-state index contributed by atoms with van der Waals surface area (Å²) in [6, 6.07) is 12.5. The fourth-order valence-corrected chi connectivity index (χ4v) is 2.60. The molecule has 0 amide bonds. The van der Waals surface area contributed by atoms with Crippen LogP contribution in [0.25, 0.3) is 0 Å². The Labute approximate surface area is 159 Å². The maximum atomic E-state index is 14.0. The number of nitrogens with one attached hydrogen (secondary N) is 2. The molecule has 0 aliphatic heterocycles. The van der Waals surface area contributed by atoms with Crippen LogP contribution in [0, 0.1) is 24.1 Å². The molecule has 0 aliphatic carbocycles. The lowest BCUT2D eigenvalue weighted by Gasteiger charge is -2.12. The summed E-state index contributed by atoms with van der Waals surface area (Å²) in [5.41, 5.74) is 3.03. The number of nitrogens with zero attached hydrogens (tertiary/aromatic N) is 2. The second-order valence-electron chi connectivity index (χ2n) is 6.09. The molecule has 27 heavy (non-hydrogen) atoms. The summed E-state index contributed by atoms with van der Waals surface area (Å²) in [4.78, 5) is 4.43. The first-order valence-electron chi connectivity index (χ1n) is 8.91. The molecule has 2 aromatic carbocycles. The molecule has 0 fully saturated rings. The highest BCUT2D eigenvalue weighted by Crippen LogP contribution is 2.19. The van der Waals surface area contributed by atoms with Crippen LogP contribution in [0.2, 0.25) is 0 Å². The third kappa shape index (κ3) is 6.00. The number of methoxy groups -OCH3 is 1. The Morgan fingerprint density at radius 2 is 2.04 bits per heavy atom. The Bertz CT molecular complexity index is 843. The van der Waals surface area contributed by atoms with Crippen LogP contribution >= 0.6 is 0 Å². The highest BCUT2D eigenvalue weighted by Gasteiger charge is 2.05. The van der Waals surface area contributed by atoms with Crippen molar-refractivity contribution in [2.24, 2.45) is 4.99 Å². The number of guanidine groups is 1. The molecule has 2 N–H and O–H groups in total. The largest absolute Gasteiger partial charge is 0.496 e. The summed E-state index contributed by atoms with van der Waals surface area (Å²) in [7, 11) is 1.67. The fraction of sp³-hybridized carbons (Fsp3) is 0.333. The molecule has 0 aliphatic rings. The minimum absolute atomic E-state index is 0.200. The zero-order chi connectivity index (χ0) is 19.6. The maximum Gasteiger partial charge on any atom is 0.191 e. The third-order valence-electron chi connectivity index (χ3n) is 4.11. The number of benzene rings is 2. The zero-order valence-electron chi connectivity index (χ0n) is 16.0. The predicted octanol–water partition coefficient (Wildman–Crippen LogP) is 3.31. The van der Waals surface area contributed by atoms with E-state index in [2.05, 4.69) is 21.7 Å². The Hall–Kier alpha value is -3.07. The molecule has 0 aromatic heterocycles. The normalized spacial score (nSPS) is 11.0. The Morgan fingerprint density at radius 1 is 1.22 bits per heavy atom. The second kappa shape index (κ2) is 10.2. The van der Waals surface area contributed by atoms with Gasteiger partial charge in [0.1, 0.15) is 11.6 Å². The molecule has 142 valence electrons. The smallest absolute Gasteiger partial charge is 0.191 e. The minimum Gasteiger partial charge on any atom is -0.496 e. The van der Waals surface area contributed by atoms with Crippen LogP contribution in [-0.2, 0) is 13.0 Å². The summed E-state index contributed by atoms with van der Waals surface area (Å²) in [6.07, 6.45) is 0.812. The van der Waals surface area contributed by atoms with E-state index in [4.69, 9.17) is 10.00 Å². The van der Waals surface area contributed by atoms with Gasteiger partial charge in [-0.25, -0.2) is 9.38 Å². The van der Waals surface area contributed by atoms with Crippen molar-refractivity contribution in [2.45, 2.75) is 26.8 Å². The van der Waals surface area contributed by atoms with E-state index >= 15 is 0 Å². The van der Waals surface area contributed by atoms with Gasteiger partial charge in [-0.2, -0.15) is 5.26 Å². The number of rotatable bonds is 7. The van der Waals surface area contributed by atoms with Crippen molar-refractivity contribution in [1.82, 2.24) is 10.6 Å². The van der Waals surface area contributed by atoms with Crippen LogP contribution in [-0.4, -0.2) is 26.2 Å². The molecule has 6 heteroatoms. The van der Waals surface area contributed by atoms with Crippen LogP contribution in [0.3, 0.4) is 0 Å². The van der Waals surface area contributed by atoms with Gasteiger partial charge in [0.05, 0.1) is 25.3 Å². The van der Waals surface area contributed by atoms with E-state index in [0.29, 0.717) is 30.2 Å². The van der Waals surface area contributed by atoms with E-state index in [1.54, 1.807) is 19.2 Å². The van der Waals surface area contributed by atoms with E-state index in [1.165, 1.54) is 11.6 Å². The number of nitriles is 1. The molecule has 0 unspecified atom stereocenters. The molecular weight excluding hydrogens is 343 g/mol. The van der Waals surface area contributed by atoms with E-state index in [1.807, 2.05) is 32.0 Å². The van der Waals surface area contributed by atoms with Crippen molar-refractivity contribution < 1.29 is 9.13 Å². The van der Waals surface area contributed by atoms with Crippen LogP contribution in [0.15, 0.2) is 41.4 Å². The van der Waals surface area contributed by atoms with Gasteiger partial charge in [-0.15, -0.1) is 0 Å². The molecule has 2 aromatic rings. The van der Waals surface area contributed by atoms with Gasteiger partial charge in [-0.1, -0.05) is 18.2 Å². The Morgan fingerprint density at radius 3 is 2.70 bits per heavy atom. The first-order chi connectivity index (χ1) is 13.1. The third-order valence-corrected chi connectivity index (χ3v) is 4.11. The molecule has 0 saturated heterocycles. The van der Waals surface area contributed by atoms with Gasteiger partial charge < -0.3 is 15.4 Å². The van der Waals surface area contributed by atoms with Gasteiger partial charge in [-0.05, 0) is 49.6 Å². The van der Waals surface area contributed by atoms with Crippen molar-refractivity contribution >= 4 is 5.96 Å². The van der Waals surface area contributed by atoms with Gasteiger partial charge in [-0.3, -0.25) is 0 Å². The van der Waals surface area contributed by atoms with Gasteiger partial charge in [0.15, 0.2) is 5.96 Å². The summed E-state index contributed by atoms with van der Waals surface area (Å²) in [6.45, 7) is 5.59. The zero-order valence-corrected chi connectivity index (χ0v) is 16.0. The quantitative estimate of drug-likeness (QED) is 0.581. The Kier molecular flexibility index (Phi) is 7.63. The number of hydrogen-bond donors (Lipinski definition) is 2. The van der Waals surface area contributed by atoms with Crippen molar-refractivity contribution in [3.05, 3.63) is 64.5 Å². The average molecular weight is 368 g/mol. The van der Waals surface area contributed by atoms with Crippen molar-refractivity contribution in [3.8, 4) is 11.8 Å². The molecule has 0 heterocycles. The van der Waals surface area contributed by atoms with Gasteiger partial charge in [0, 0.05) is 18.7 Å². The predicted molar refractivity (Wildman–Crippen MR) is 105 cm³/mol. The van der Waals surface area contributed by atoms with Crippen LogP contribution in [0.1, 0.15) is 29.2 Å². The number of aryl methyl sites for hydroxylation is 1. The van der Waals surface area contributed by atoms with Crippen molar-refractivity contribution in [2.75, 3.05) is 20.2 Å². The SMILES string of the molecule is CCNC(=NCc1ccc(C#N)cc1F)NCCc1ccc(C)c(OC)c1. The Balaban J connectivity index is 1.96.